The molecule has 0 saturated carbocycles. The standard InChI is InChI=1S/C7H9NO2.ClH/c1-9-6-4-3-5-8-7(6)10-2;/h3-5H,1-2H3;1H. The number of pyridine rings is 1. The quantitative estimate of drug-likeness (QED) is 0.683. The van der Waals surface area contributed by atoms with Gasteiger partial charge in [0, 0.05) is 6.20 Å². The third kappa shape index (κ3) is 2.27. The Morgan fingerprint density at radius 2 is 2.00 bits per heavy atom. The summed E-state index contributed by atoms with van der Waals surface area (Å²) in [5.41, 5.74) is 0. The molecule has 0 bridgehead atoms. The molecule has 1 aromatic rings. The van der Waals surface area contributed by atoms with Gasteiger partial charge in [-0.3, -0.25) is 0 Å². The monoisotopic (exact) mass is 175 g/mol. The first kappa shape index (κ1) is 10.0. The second-order valence-corrected chi connectivity index (χ2v) is 1.71. The number of aromatic nitrogens is 1. The van der Waals surface area contributed by atoms with Crippen LogP contribution in [0.2, 0.25) is 0 Å². The maximum atomic E-state index is 4.95. The summed E-state index contributed by atoms with van der Waals surface area (Å²) in [5, 5.41) is 0. The third-order valence-electron chi connectivity index (χ3n) is 1.15. The molecule has 4 heteroatoms. The van der Waals surface area contributed by atoms with E-state index in [0.717, 1.165) is 0 Å². The van der Waals surface area contributed by atoms with Gasteiger partial charge in [0.05, 0.1) is 14.2 Å². The third-order valence-corrected chi connectivity index (χ3v) is 1.15. The Morgan fingerprint density at radius 3 is 2.45 bits per heavy atom. The second kappa shape index (κ2) is 4.79. The zero-order chi connectivity index (χ0) is 7.40. The molecule has 0 aliphatic rings. The number of methoxy groups -OCH3 is 2. The summed E-state index contributed by atoms with van der Waals surface area (Å²) in [6, 6.07) is 3.59. The van der Waals surface area contributed by atoms with Crippen molar-refractivity contribution in [3.8, 4) is 11.6 Å². The Balaban J connectivity index is 0.000001000. The number of halogens is 1. The van der Waals surface area contributed by atoms with E-state index in [2.05, 4.69) is 4.98 Å². The highest BCUT2D eigenvalue weighted by Crippen LogP contribution is 2.21. The van der Waals surface area contributed by atoms with Gasteiger partial charge in [0.25, 0.3) is 5.88 Å². The lowest BCUT2D eigenvalue weighted by Crippen LogP contribution is -1.91. The average molecular weight is 176 g/mol. The zero-order valence-corrected chi connectivity index (χ0v) is 7.22. The van der Waals surface area contributed by atoms with Crippen molar-refractivity contribution in [3.63, 3.8) is 0 Å². The van der Waals surface area contributed by atoms with Gasteiger partial charge in [-0.1, -0.05) is 0 Å². The van der Waals surface area contributed by atoms with E-state index in [0.29, 0.717) is 11.6 Å². The summed E-state index contributed by atoms with van der Waals surface area (Å²) in [4.78, 5) is 3.92. The topological polar surface area (TPSA) is 31.4 Å². The van der Waals surface area contributed by atoms with E-state index in [1.165, 1.54) is 0 Å². The van der Waals surface area contributed by atoms with Crippen molar-refractivity contribution >= 4 is 12.4 Å². The van der Waals surface area contributed by atoms with Gasteiger partial charge >= 0.3 is 0 Å². The number of rotatable bonds is 2. The van der Waals surface area contributed by atoms with Crippen LogP contribution in [0.5, 0.6) is 11.6 Å². The van der Waals surface area contributed by atoms with Crippen LogP contribution >= 0.6 is 12.4 Å². The molecule has 0 saturated heterocycles. The molecule has 3 nitrogen and oxygen atoms in total. The summed E-state index contributed by atoms with van der Waals surface area (Å²) in [6.07, 6.45) is 1.65. The number of hydrogen-bond donors (Lipinski definition) is 0. The highest BCUT2D eigenvalue weighted by Gasteiger charge is 1.99. The first-order chi connectivity index (χ1) is 4.88. The predicted octanol–water partition coefficient (Wildman–Crippen LogP) is 1.52. The van der Waals surface area contributed by atoms with Gasteiger partial charge in [0.1, 0.15) is 0 Å². The molecule has 0 spiro atoms. The van der Waals surface area contributed by atoms with Crippen molar-refractivity contribution in [2.75, 3.05) is 14.2 Å². The van der Waals surface area contributed by atoms with Gasteiger partial charge in [-0.05, 0) is 12.1 Å². The van der Waals surface area contributed by atoms with Gasteiger partial charge < -0.3 is 9.47 Å². The van der Waals surface area contributed by atoms with Crippen molar-refractivity contribution in [2.45, 2.75) is 0 Å². The lowest BCUT2D eigenvalue weighted by molar-refractivity contribution is 0.343. The fourth-order valence-electron chi connectivity index (χ4n) is 0.685. The molecule has 0 unspecified atom stereocenters. The maximum absolute atomic E-state index is 4.95. The molecule has 0 amide bonds. The molecule has 0 aliphatic heterocycles. The SMILES string of the molecule is COc1cccnc1OC.Cl. The Hall–Kier alpha value is -0.960. The van der Waals surface area contributed by atoms with E-state index >= 15 is 0 Å². The highest BCUT2D eigenvalue weighted by atomic mass is 35.5. The van der Waals surface area contributed by atoms with Gasteiger partial charge in [-0.25, -0.2) is 4.98 Å². The Morgan fingerprint density at radius 1 is 1.27 bits per heavy atom. The number of hydrogen-bond acceptors (Lipinski definition) is 3. The molecule has 0 radical (unpaired) electrons. The van der Waals surface area contributed by atoms with E-state index in [4.69, 9.17) is 9.47 Å². The molecule has 0 aromatic carbocycles. The molecular formula is C7H10ClNO2. The smallest absolute Gasteiger partial charge is 0.256 e. The Labute approximate surface area is 71.8 Å². The van der Waals surface area contributed by atoms with E-state index in [9.17, 15) is 0 Å². The fraction of sp³-hybridized carbons (Fsp3) is 0.286. The molecule has 0 N–H and O–H groups in total. The van der Waals surface area contributed by atoms with E-state index < -0.39 is 0 Å². The average Bonchev–Trinajstić information content (AvgIpc) is 2.04. The van der Waals surface area contributed by atoms with Crippen LogP contribution in [0.25, 0.3) is 0 Å². The van der Waals surface area contributed by atoms with Crippen molar-refractivity contribution in [1.82, 2.24) is 4.98 Å². The molecule has 1 rings (SSSR count). The van der Waals surface area contributed by atoms with Crippen molar-refractivity contribution in [1.29, 1.82) is 0 Å². The van der Waals surface area contributed by atoms with Gasteiger partial charge in [0.2, 0.25) is 0 Å². The fourth-order valence-corrected chi connectivity index (χ4v) is 0.685. The van der Waals surface area contributed by atoms with Crippen molar-refractivity contribution in [2.24, 2.45) is 0 Å². The lowest BCUT2D eigenvalue weighted by atomic mass is 10.4. The van der Waals surface area contributed by atoms with E-state index in [1.54, 1.807) is 32.5 Å². The minimum absolute atomic E-state index is 0. The van der Waals surface area contributed by atoms with E-state index in [1.807, 2.05) is 0 Å². The van der Waals surface area contributed by atoms with Crippen LogP contribution < -0.4 is 9.47 Å². The highest BCUT2D eigenvalue weighted by molar-refractivity contribution is 5.85. The van der Waals surface area contributed by atoms with Crippen LogP contribution in [-0.2, 0) is 0 Å². The molecule has 1 heterocycles. The van der Waals surface area contributed by atoms with Crippen LogP contribution in [0.3, 0.4) is 0 Å². The van der Waals surface area contributed by atoms with Crippen LogP contribution in [0, 0.1) is 0 Å². The first-order valence-electron chi connectivity index (χ1n) is 2.91. The first-order valence-corrected chi connectivity index (χ1v) is 2.91. The predicted molar refractivity (Wildman–Crippen MR) is 44.6 cm³/mol. The second-order valence-electron chi connectivity index (χ2n) is 1.71. The van der Waals surface area contributed by atoms with E-state index in [-0.39, 0.29) is 12.4 Å². The van der Waals surface area contributed by atoms with Crippen LogP contribution in [-0.4, -0.2) is 19.2 Å². The Bertz CT molecular complexity index is 194. The summed E-state index contributed by atoms with van der Waals surface area (Å²) < 4.78 is 9.85. The molecular weight excluding hydrogens is 166 g/mol. The summed E-state index contributed by atoms with van der Waals surface area (Å²) >= 11 is 0. The summed E-state index contributed by atoms with van der Waals surface area (Å²) in [5.74, 6) is 1.18. The molecule has 11 heavy (non-hydrogen) atoms. The minimum atomic E-state index is 0. The van der Waals surface area contributed by atoms with Crippen LogP contribution in [0.4, 0.5) is 0 Å². The van der Waals surface area contributed by atoms with Gasteiger partial charge in [0.15, 0.2) is 5.75 Å². The van der Waals surface area contributed by atoms with Crippen molar-refractivity contribution in [3.05, 3.63) is 18.3 Å². The molecule has 1 aromatic heterocycles. The normalized spacial score (nSPS) is 8.18. The largest absolute Gasteiger partial charge is 0.491 e. The minimum Gasteiger partial charge on any atom is -0.491 e. The Kier molecular flexibility index (Phi) is 4.38. The molecule has 0 atom stereocenters. The van der Waals surface area contributed by atoms with Crippen LogP contribution in [0.15, 0.2) is 18.3 Å². The van der Waals surface area contributed by atoms with Crippen LogP contribution in [0.1, 0.15) is 0 Å². The van der Waals surface area contributed by atoms with Gasteiger partial charge in [-0.2, -0.15) is 0 Å². The molecule has 0 aliphatic carbocycles. The maximum Gasteiger partial charge on any atom is 0.256 e. The number of ether oxygens (including phenoxy) is 2. The summed E-state index contributed by atoms with van der Waals surface area (Å²) in [6.45, 7) is 0. The molecule has 62 valence electrons. The lowest BCUT2D eigenvalue weighted by Gasteiger charge is -2.03. The zero-order valence-electron chi connectivity index (χ0n) is 6.40. The number of nitrogens with zero attached hydrogens (tertiary/aromatic N) is 1. The molecule has 0 fully saturated rings. The van der Waals surface area contributed by atoms with Gasteiger partial charge in [-0.15, -0.1) is 12.4 Å². The van der Waals surface area contributed by atoms with Crippen molar-refractivity contribution < 1.29 is 9.47 Å². The summed E-state index contributed by atoms with van der Waals surface area (Å²) in [7, 11) is 3.14.